The molecule has 0 radical (unpaired) electrons. The second-order valence-corrected chi connectivity index (χ2v) is 6.08. The van der Waals surface area contributed by atoms with Crippen LogP contribution in [0.5, 0.6) is 0 Å². The summed E-state index contributed by atoms with van der Waals surface area (Å²) in [6.45, 7) is 3.95. The molecule has 1 atom stereocenters. The number of esters is 1. The van der Waals surface area contributed by atoms with Crippen LogP contribution >= 0.6 is 0 Å². The first-order chi connectivity index (χ1) is 12.1. The predicted octanol–water partition coefficient (Wildman–Crippen LogP) is 3.83. The maximum absolute atomic E-state index is 12.9. The van der Waals surface area contributed by atoms with Crippen molar-refractivity contribution in [3.05, 3.63) is 77.9 Å². The highest BCUT2D eigenvalue weighted by Gasteiger charge is 2.34. The summed E-state index contributed by atoms with van der Waals surface area (Å²) in [4.78, 5) is 26.9. The third kappa shape index (κ3) is 3.33. The summed E-state index contributed by atoms with van der Waals surface area (Å²) in [5.41, 5.74) is 3.03. The van der Waals surface area contributed by atoms with E-state index < -0.39 is 12.0 Å². The number of nitrogens with zero attached hydrogens (tertiary/aromatic N) is 1. The first-order valence-corrected chi connectivity index (χ1v) is 8.35. The number of amides is 1. The van der Waals surface area contributed by atoms with Gasteiger partial charge in [0.2, 0.25) is 5.91 Å². The molecule has 3 rings (SSSR count). The van der Waals surface area contributed by atoms with Crippen LogP contribution in [0.2, 0.25) is 0 Å². The van der Waals surface area contributed by atoms with Crippen LogP contribution < -0.4 is 4.90 Å². The summed E-state index contributed by atoms with van der Waals surface area (Å²) in [5, 5.41) is 0. The zero-order valence-electron chi connectivity index (χ0n) is 14.3. The van der Waals surface area contributed by atoms with E-state index >= 15 is 0 Å². The lowest BCUT2D eigenvalue weighted by Crippen LogP contribution is -2.37. The molecule has 0 saturated carbocycles. The van der Waals surface area contributed by atoms with Gasteiger partial charge in [0.05, 0.1) is 18.7 Å². The molecule has 4 nitrogen and oxygen atoms in total. The standard InChI is InChI=1S/C21H21NO3/c1-15(21(24)25-2)20(17-10-4-3-5-11-17)22-18-13-7-6-9-16(18)12-8-14-19(22)23/h3-7,9-11,13,20H,1,8,12,14H2,2H3. The number of rotatable bonds is 4. The number of methoxy groups -OCH3 is 1. The molecule has 2 aromatic rings. The molecule has 1 amide bonds. The number of carbonyl (C=O) groups excluding carboxylic acids is 2. The van der Waals surface area contributed by atoms with Crippen LogP contribution in [0.15, 0.2) is 66.7 Å². The third-order valence-electron chi connectivity index (χ3n) is 4.51. The van der Waals surface area contributed by atoms with E-state index in [2.05, 4.69) is 6.58 Å². The summed E-state index contributed by atoms with van der Waals surface area (Å²) in [6, 6.07) is 16.7. The van der Waals surface area contributed by atoms with Crippen molar-refractivity contribution in [2.45, 2.75) is 25.3 Å². The normalized spacial score (nSPS) is 15.1. The van der Waals surface area contributed by atoms with Crippen LogP contribution in [0.1, 0.15) is 30.0 Å². The van der Waals surface area contributed by atoms with Crippen molar-refractivity contribution in [3.8, 4) is 0 Å². The van der Waals surface area contributed by atoms with E-state index in [0.717, 1.165) is 29.7 Å². The summed E-state index contributed by atoms with van der Waals surface area (Å²) in [7, 11) is 1.33. The summed E-state index contributed by atoms with van der Waals surface area (Å²) < 4.78 is 4.88. The fraction of sp³-hybridized carbons (Fsp3) is 0.238. The fourth-order valence-electron chi connectivity index (χ4n) is 3.31. The largest absolute Gasteiger partial charge is 0.466 e. The minimum Gasteiger partial charge on any atom is -0.466 e. The molecule has 0 N–H and O–H groups in total. The molecule has 1 aliphatic rings. The Kier molecular flexibility index (Phi) is 4.98. The molecular formula is C21H21NO3. The zero-order valence-corrected chi connectivity index (χ0v) is 14.3. The number of benzene rings is 2. The molecule has 0 bridgehead atoms. The zero-order chi connectivity index (χ0) is 17.8. The van der Waals surface area contributed by atoms with Crippen molar-refractivity contribution in [1.82, 2.24) is 0 Å². The molecule has 128 valence electrons. The topological polar surface area (TPSA) is 46.6 Å². The van der Waals surface area contributed by atoms with Crippen molar-refractivity contribution in [2.75, 3.05) is 12.0 Å². The average molecular weight is 335 g/mol. The van der Waals surface area contributed by atoms with E-state index in [9.17, 15) is 9.59 Å². The van der Waals surface area contributed by atoms with Gasteiger partial charge in [0, 0.05) is 12.1 Å². The highest BCUT2D eigenvalue weighted by molar-refractivity contribution is 5.99. The summed E-state index contributed by atoms with van der Waals surface area (Å²) in [5.74, 6) is -0.521. The van der Waals surface area contributed by atoms with Crippen LogP contribution in [0, 0.1) is 0 Å². The molecule has 0 aromatic heterocycles. The number of ether oxygens (including phenoxy) is 1. The lowest BCUT2D eigenvalue weighted by Gasteiger charge is -2.33. The number of para-hydroxylation sites is 1. The Balaban J connectivity index is 2.16. The van der Waals surface area contributed by atoms with E-state index in [-0.39, 0.29) is 11.5 Å². The van der Waals surface area contributed by atoms with Gasteiger partial charge in [-0.1, -0.05) is 55.1 Å². The summed E-state index contributed by atoms with van der Waals surface area (Å²) in [6.07, 6.45) is 2.07. The van der Waals surface area contributed by atoms with Gasteiger partial charge in [-0.3, -0.25) is 4.79 Å². The second-order valence-electron chi connectivity index (χ2n) is 6.08. The quantitative estimate of drug-likeness (QED) is 0.630. The van der Waals surface area contributed by atoms with Gasteiger partial charge in [0.1, 0.15) is 0 Å². The van der Waals surface area contributed by atoms with Gasteiger partial charge in [-0.15, -0.1) is 0 Å². The van der Waals surface area contributed by atoms with Crippen molar-refractivity contribution >= 4 is 17.6 Å². The van der Waals surface area contributed by atoms with Gasteiger partial charge in [0.25, 0.3) is 0 Å². The Morgan fingerprint density at radius 1 is 1.08 bits per heavy atom. The van der Waals surface area contributed by atoms with Gasteiger partial charge < -0.3 is 9.64 Å². The minimum atomic E-state index is -0.583. The average Bonchev–Trinajstić information content (AvgIpc) is 2.81. The Morgan fingerprint density at radius 2 is 1.76 bits per heavy atom. The maximum Gasteiger partial charge on any atom is 0.335 e. The number of fused-ring (bicyclic) bond motifs is 1. The molecule has 0 spiro atoms. The molecule has 1 heterocycles. The molecule has 2 aromatic carbocycles. The highest BCUT2D eigenvalue weighted by atomic mass is 16.5. The molecule has 0 aliphatic carbocycles. The molecule has 1 unspecified atom stereocenters. The van der Waals surface area contributed by atoms with Crippen LogP contribution in [0.3, 0.4) is 0 Å². The van der Waals surface area contributed by atoms with E-state index in [1.807, 2.05) is 54.6 Å². The van der Waals surface area contributed by atoms with Crippen molar-refractivity contribution < 1.29 is 14.3 Å². The SMILES string of the molecule is C=C(C(=O)OC)C(c1ccccc1)N1C(=O)CCCc2ccccc21. The van der Waals surface area contributed by atoms with E-state index in [4.69, 9.17) is 4.74 Å². The first-order valence-electron chi connectivity index (χ1n) is 8.35. The number of anilines is 1. The van der Waals surface area contributed by atoms with Crippen molar-refractivity contribution in [3.63, 3.8) is 0 Å². The molecule has 1 aliphatic heterocycles. The lowest BCUT2D eigenvalue weighted by atomic mass is 9.96. The smallest absolute Gasteiger partial charge is 0.335 e. The number of aryl methyl sites for hydroxylation is 1. The van der Waals surface area contributed by atoms with Crippen molar-refractivity contribution in [2.24, 2.45) is 0 Å². The minimum absolute atomic E-state index is 0.0103. The van der Waals surface area contributed by atoms with Crippen LogP contribution in [0.25, 0.3) is 0 Å². The first kappa shape index (κ1) is 17.0. The van der Waals surface area contributed by atoms with Gasteiger partial charge in [-0.2, -0.15) is 0 Å². The van der Waals surface area contributed by atoms with Crippen molar-refractivity contribution in [1.29, 1.82) is 0 Å². The van der Waals surface area contributed by atoms with Gasteiger partial charge in [-0.25, -0.2) is 4.79 Å². The van der Waals surface area contributed by atoms with Gasteiger partial charge >= 0.3 is 5.97 Å². The Labute approximate surface area is 147 Å². The number of carbonyl (C=O) groups is 2. The number of hydrogen-bond donors (Lipinski definition) is 0. The van der Waals surface area contributed by atoms with Gasteiger partial charge in [0.15, 0.2) is 0 Å². The number of hydrogen-bond acceptors (Lipinski definition) is 3. The molecule has 4 heteroatoms. The van der Waals surface area contributed by atoms with Gasteiger partial charge in [-0.05, 0) is 30.0 Å². The third-order valence-corrected chi connectivity index (χ3v) is 4.51. The van der Waals surface area contributed by atoms with Crippen LogP contribution in [0.4, 0.5) is 5.69 Å². The second kappa shape index (κ2) is 7.34. The Morgan fingerprint density at radius 3 is 2.48 bits per heavy atom. The molecule has 0 fully saturated rings. The predicted molar refractivity (Wildman–Crippen MR) is 97.2 cm³/mol. The summed E-state index contributed by atoms with van der Waals surface area (Å²) >= 11 is 0. The molecule has 0 saturated heterocycles. The van der Waals surface area contributed by atoms with Crippen LogP contribution in [-0.2, 0) is 20.7 Å². The van der Waals surface area contributed by atoms with E-state index in [1.54, 1.807) is 4.90 Å². The Hall–Kier alpha value is -2.88. The Bertz CT molecular complexity index is 798. The molecule has 25 heavy (non-hydrogen) atoms. The fourth-order valence-corrected chi connectivity index (χ4v) is 3.31. The van der Waals surface area contributed by atoms with Crippen LogP contribution in [-0.4, -0.2) is 19.0 Å². The lowest BCUT2D eigenvalue weighted by molar-refractivity contribution is -0.136. The monoisotopic (exact) mass is 335 g/mol. The van der Waals surface area contributed by atoms with E-state index in [0.29, 0.717) is 6.42 Å². The maximum atomic E-state index is 12.9. The molecular weight excluding hydrogens is 314 g/mol. The highest BCUT2D eigenvalue weighted by Crippen LogP contribution is 2.37. The van der Waals surface area contributed by atoms with E-state index in [1.165, 1.54) is 7.11 Å².